The minimum Gasteiger partial charge on any atom is -0.506 e. The van der Waals surface area contributed by atoms with Crippen molar-refractivity contribution in [1.82, 2.24) is 9.97 Å². The second-order valence-electron chi connectivity index (χ2n) is 5.15. The van der Waals surface area contributed by atoms with Gasteiger partial charge in [-0.3, -0.25) is 0 Å². The molecule has 0 aliphatic carbocycles. The summed E-state index contributed by atoms with van der Waals surface area (Å²) in [4.78, 5) is 7.44. The van der Waals surface area contributed by atoms with Gasteiger partial charge in [0, 0.05) is 0 Å². The first-order chi connectivity index (χ1) is 9.95. The lowest BCUT2D eigenvalue weighted by Crippen LogP contribution is -1.92. The number of aromatic nitrogens is 2. The maximum absolute atomic E-state index is 9.63. The van der Waals surface area contributed by atoms with Crippen molar-refractivity contribution in [2.45, 2.75) is 20.0 Å². The van der Waals surface area contributed by atoms with Crippen LogP contribution < -0.4 is 0 Å². The number of fused-ring (bicyclic) bond motifs is 1. The zero-order valence-electron chi connectivity index (χ0n) is 11.7. The highest BCUT2D eigenvalue weighted by Crippen LogP contribution is 2.33. The molecule has 1 atom stereocenters. The summed E-state index contributed by atoms with van der Waals surface area (Å²) in [6, 6.07) is 9.21. The average molecular weight is 303 g/mol. The smallest absolute Gasteiger partial charge is 0.135 e. The minimum atomic E-state index is -0.634. The number of aromatic hydroxyl groups is 1. The molecule has 1 heterocycles. The summed E-state index contributed by atoms with van der Waals surface area (Å²) in [5.41, 5.74) is 4.52. The highest BCUT2D eigenvalue weighted by molar-refractivity contribution is 6.32. The normalized spacial score (nSPS) is 12.8. The Balaban J connectivity index is 2.15. The lowest BCUT2D eigenvalue weighted by atomic mass is 10.00. The maximum Gasteiger partial charge on any atom is 0.135 e. The number of hydrogen-bond acceptors (Lipinski definition) is 3. The molecule has 108 valence electrons. The molecule has 0 saturated heterocycles. The summed E-state index contributed by atoms with van der Waals surface area (Å²) in [5.74, 6) is 0.625. The van der Waals surface area contributed by atoms with Gasteiger partial charge in [-0.1, -0.05) is 17.7 Å². The summed E-state index contributed by atoms with van der Waals surface area (Å²) < 4.78 is 0. The molecule has 0 saturated carbocycles. The number of aliphatic hydroxyl groups is 1. The Kier molecular flexibility index (Phi) is 3.35. The van der Waals surface area contributed by atoms with Gasteiger partial charge in [0.2, 0.25) is 0 Å². The number of imidazole rings is 1. The van der Waals surface area contributed by atoms with E-state index < -0.39 is 6.10 Å². The van der Waals surface area contributed by atoms with Crippen molar-refractivity contribution in [1.29, 1.82) is 0 Å². The van der Waals surface area contributed by atoms with E-state index in [1.807, 2.05) is 25.1 Å². The standard InChI is InChI=1S/C16H15ClN2O2/c1-8-5-15(21)12(17)7-11(8)10-3-4-13-14(6-10)19-16(18-13)9(2)20/h3-7,9,20-21H,1-2H3,(H,18,19). The van der Waals surface area contributed by atoms with Crippen molar-refractivity contribution in [2.75, 3.05) is 0 Å². The number of aliphatic hydroxyl groups excluding tert-OH is 1. The quantitative estimate of drug-likeness (QED) is 0.671. The van der Waals surface area contributed by atoms with Gasteiger partial charge in [0.25, 0.3) is 0 Å². The Bertz CT molecular complexity index is 825. The van der Waals surface area contributed by atoms with E-state index >= 15 is 0 Å². The molecular formula is C16H15ClN2O2. The first-order valence-corrected chi connectivity index (χ1v) is 7.00. The second-order valence-corrected chi connectivity index (χ2v) is 5.56. The predicted octanol–water partition coefficient (Wildman–Crippen LogP) is 3.95. The van der Waals surface area contributed by atoms with Crippen LogP contribution in [0.4, 0.5) is 0 Å². The number of benzene rings is 2. The number of nitrogens with zero attached hydrogens (tertiary/aromatic N) is 1. The summed E-state index contributed by atoms with van der Waals surface area (Å²) in [6.07, 6.45) is -0.634. The molecule has 0 spiro atoms. The summed E-state index contributed by atoms with van der Waals surface area (Å²) in [7, 11) is 0. The molecule has 2 aromatic carbocycles. The Labute approximate surface area is 127 Å². The third-order valence-electron chi connectivity index (χ3n) is 3.50. The van der Waals surface area contributed by atoms with Crippen LogP contribution >= 0.6 is 11.6 Å². The number of halogens is 1. The van der Waals surface area contributed by atoms with Crippen molar-refractivity contribution >= 4 is 22.6 Å². The van der Waals surface area contributed by atoms with Gasteiger partial charge in [-0.05, 0) is 54.8 Å². The minimum absolute atomic E-state index is 0.0805. The lowest BCUT2D eigenvalue weighted by molar-refractivity contribution is 0.190. The fourth-order valence-corrected chi connectivity index (χ4v) is 2.54. The van der Waals surface area contributed by atoms with E-state index in [2.05, 4.69) is 9.97 Å². The summed E-state index contributed by atoms with van der Waals surface area (Å²) in [6.45, 7) is 3.59. The molecular weight excluding hydrogens is 288 g/mol. The molecule has 4 nitrogen and oxygen atoms in total. The van der Waals surface area contributed by atoms with Gasteiger partial charge in [0.1, 0.15) is 17.7 Å². The van der Waals surface area contributed by atoms with Crippen LogP contribution in [0.2, 0.25) is 5.02 Å². The molecule has 3 N–H and O–H groups in total. The van der Waals surface area contributed by atoms with Crippen LogP contribution in [0.15, 0.2) is 30.3 Å². The molecule has 0 aliphatic rings. The number of aryl methyl sites for hydroxylation is 1. The summed E-state index contributed by atoms with van der Waals surface area (Å²) in [5, 5.41) is 19.5. The van der Waals surface area contributed by atoms with Gasteiger partial charge in [-0.25, -0.2) is 4.98 Å². The molecule has 0 radical (unpaired) electrons. The molecule has 0 amide bonds. The van der Waals surface area contributed by atoms with Gasteiger partial charge in [0.15, 0.2) is 0 Å². The van der Waals surface area contributed by atoms with E-state index in [1.54, 1.807) is 19.1 Å². The first kappa shape index (κ1) is 13.9. The molecule has 1 unspecified atom stereocenters. The van der Waals surface area contributed by atoms with Crippen LogP contribution in [0, 0.1) is 6.92 Å². The molecule has 21 heavy (non-hydrogen) atoms. The number of hydrogen-bond donors (Lipinski definition) is 3. The van der Waals surface area contributed by atoms with Crippen LogP contribution in [-0.2, 0) is 0 Å². The zero-order chi connectivity index (χ0) is 15.1. The Morgan fingerprint density at radius 3 is 2.71 bits per heavy atom. The van der Waals surface area contributed by atoms with E-state index in [0.29, 0.717) is 10.8 Å². The Morgan fingerprint density at radius 1 is 1.24 bits per heavy atom. The van der Waals surface area contributed by atoms with Crippen LogP contribution in [0.5, 0.6) is 5.75 Å². The third kappa shape index (κ3) is 2.48. The van der Waals surface area contributed by atoms with Gasteiger partial charge >= 0.3 is 0 Å². The second kappa shape index (κ2) is 5.06. The van der Waals surface area contributed by atoms with Crippen LogP contribution in [0.1, 0.15) is 24.4 Å². The molecule has 0 fully saturated rings. The van der Waals surface area contributed by atoms with E-state index in [0.717, 1.165) is 27.7 Å². The number of H-pyrrole nitrogens is 1. The predicted molar refractivity (Wildman–Crippen MR) is 83.6 cm³/mol. The lowest BCUT2D eigenvalue weighted by Gasteiger charge is -2.08. The number of aromatic amines is 1. The molecule has 3 rings (SSSR count). The van der Waals surface area contributed by atoms with Gasteiger partial charge in [0.05, 0.1) is 16.1 Å². The monoisotopic (exact) mass is 302 g/mol. The topological polar surface area (TPSA) is 69.1 Å². The molecule has 5 heteroatoms. The van der Waals surface area contributed by atoms with Gasteiger partial charge in [-0.15, -0.1) is 0 Å². The highest BCUT2D eigenvalue weighted by Gasteiger charge is 2.11. The van der Waals surface area contributed by atoms with E-state index in [1.165, 1.54) is 0 Å². The largest absolute Gasteiger partial charge is 0.506 e. The summed E-state index contributed by atoms with van der Waals surface area (Å²) >= 11 is 6.00. The van der Waals surface area contributed by atoms with Gasteiger partial charge < -0.3 is 15.2 Å². The molecule has 3 aromatic rings. The molecule has 0 bridgehead atoms. The van der Waals surface area contributed by atoms with Crippen molar-refractivity contribution in [3.63, 3.8) is 0 Å². The zero-order valence-corrected chi connectivity index (χ0v) is 12.4. The van der Waals surface area contributed by atoms with Crippen molar-refractivity contribution in [2.24, 2.45) is 0 Å². The fourth-order valence-electron chi connectivity index (χ4n) is 2.37. The van der Waals surface area contributed by atoms with Crippen LogP contribution in [0.3, 0.4) is 0 Å². The van der Waals surface area contributed by atoms with Crippen LogP contribution in [0.25, 0.3) is 22.2 Å². The van der Waals surface area contributed by atoms with Crippen molar-refractivity contribution in [3.05, 3.63) is 46.7 Å². The van der Waals surface area contributed by atoms with E-state index in [4.69, 9.17) is 11.6 Å². The van der Waals surface area contributed by atoms with Gasteiger partial charge in [-0.2, -0.15) is 0 Å². The molecule has 1 aromatic heterocycles. The SMILES string of the molecule is Cc1cc(O)c(Cl)cc1-c1ccc2nc(C(C)O)[nH]c2c1. The number of phenolic OH excluding ortho intramolecular Hbond substituents is 1. The number of nitrogens with one attached hydrogen (secondary N) is 1. The van der Waals surface area contributed by atoms with E-state index in [-0.39, 0.29) is 5.75 Å². The van der Waals surface area contributed by atoms with E-state index in [9.17, 15) is 10.2 Å². The number of rotatable bonds is 2. The van der Waals surface area contributed by atoms with Crippen molar-refractivity contribution in [3.8, 4) is 16.9 Å². The van der Waals surface area contributed by atoms with Crippen molar-refractivity contribution < 1.29 is 10.2 Å². The highest BCUT2D eigenvalue weighted by atomic mass is 35.5. The number of phenols is 1. The Hall–Kier alpha value is -2.04. The fraction of sp³-hybridized carbons (Fsp3) is 0.188. The third-order valence-corrected chi connectivity index (χ3v) is 3.80. The Morgan fingerprint density at radius 2 is 2.00 bits per heavy atom. The first-order valence-electron chi connectivity index (χ1n) is 6.63. The average Bonchev–Trinajstić information content (AvgIpc) is 2.86. The van der Waals surface area contributed by atoms with Crippen LogP contribution in [-0.4, -0.2) is 20.2 Å². The maximum atomic E-state index is 9.63. The molecule has 0 aliphatic heterocycles.